The van der Waals surface area contributed by atoms with E-state index in [0.717, 1.165) is 11.5 Å². The molecule has 0 spiro atoms. The number of rotatable bonds is 0. The van der Waals surface area contributed by atoms with Gasteiger partial charge in [-0.15, -0.1) is 0 Å². The first-order valence-corrected chi connectivity index (χ1v) is 6.66. The zero-order valence-electron chi connectivity index (χ0n) is 13.4. The van der Waals surface area contributed by atoms with E-state index in [1.54, 1.807) is 0 Å². The fourth-order valence-corrected chi connectivity index (χ4v) is 2.03. The summed E-state index contributed by atoms with van der Waals surface area (Å²) in [4.78, 5) is 0. The van der Waals surface area contributed by atoms with Crippen LogP contribution in [0.3, 0.4) is 0 Å². The van der Waals surface area contributed by atoms with Crippen molar-refractivity contribution in [1.82, 2.24) is 0 Å². The standard InChI is InChI=1S/C14H24O.C2H6.CH4/c1-9-10(2)12(14(6,7)8)15-11(9)13(3,4)5;1-2;/h1-8H3;1-2H3;1H4. The first kappa shape index (κ1) is 19.6. The molecule has 0 saturated heterocycles. The van der Waals surface area contributed by atoms with Gasteiger partial charge in [0.2, 0.25) is 0 Å². The summed E-state index contributed by atoms with van der Waals surface area (Å²) in [5.74, 6) is 2.26. The first-order valence-electron chi connectivity index (χ1n) is 6.66. The van der Waals surface area contributed by atoms with E-state index < -0.39 is 0 Å². The lowest BCUT2D eigenvalue weighted by Gasteiger charge is -2.18. The van der Waals surface area contributed by atoms with Gasteiger partial charge in [0.25, 0.3) is 0 Å². The van der Waals surface area contributed by atoms with Crippen molar-refractivity contribution in [3.63, 3.8) is 0 Å². The zero-order chi connectivity index (χ0) is 14.0. The van der Waals surface area contributed by atoms with Gasteiger partial charge in [-0.05, 0) is 25.0 Å². The molecule has 0 atom stereocenters. The van der Waals surface area contributed by atoms with Crippen molar-refractivity contribution < 1.29 is 4.42 Å². The van der Waals surface area contributed by atoms with Crippen LogP contribution in [0.1, 0.15) is 85.5 Å². The Bertz CT molecular complexity index is 322. The third kappa shape index (κ3) is 4.19. The van der Waals surface area contributed by atoms with Crippen LogP contribution in [0, 0.1) is 13.8 Å². The van der Waals surface area contributed by atoms with Crippen LogP contribution in [-0.2, 0) is 10.8 Å². The summed E-state index contributed by atoms with van der Waals surface area (Å²) in [5.41, 5.74) is 2.82. The maximum Gasteiger partial charge on any atom is 0.112 e. The molecule has 0 aliphatic heterocycles. The van der Waals surface area contributed by atoms with E-state index in [1.807, 2.05) is 13.8 Å². The van der Waals surface area contributed by atoms with Crippen molar-refractivity contribution in [2.75, 3.05) is 0 Å². The predicted molar refractivity (Wildman–Crippen MR) is 83.7 cm³/mol. The Kier molecular flexibility index (Phi) is 7.03. The van der Waals surface area contributed by atoms with Crippen LogP contribution < -0.4 is 0 Å². The monoisotopic (exact) mass is 254 g/mol. The third-order valence-electron chi connectivity index (χ3n) is 2.81. The Morgan fingerprint density at radius 3 is 1.00 bits per heavy atom. The summed E-state index contributed by atoms with van der Waals surface area (Å²) in [7, 11) is 0. The minimum absolute atomic E-state index is 0. The molecule has 0 aromatic carbocycles. The van der Waals surface area contributed by atoms with E-state index >= 15 is 0 Å². The summed E-state index contributed by atoms with van der Waals surface area (Å²) in [6.45, 7) is 21.5. The van der Waals surface area contributed by atoms with Gasteiger partial charge in [0.15, 0.2) is 0 Å². The highest BCUT2D eigenvalue weighted by Gasteiger charge is 2.29. The van der Waals surface area contributed by atoms with Crippen molar-refractivity contribution in [3.8, 4) is 0 Å². The molecule has 0 saturated carbocycles. The number of furan rings is 1. The molecule has 1 aromatic rings. The lowest BCUT2D eigenvalue weighted by atomic mass is 9.87. The zero-order valence-corrected chi connectivity index (χ0v) is 13.4. The topological polar surface area (TPSA) is 13.1 Å². The number of hydrogen-bond donors (Lipinski definition) is 0. The van der Waals surface area contributed by atoms with Gasteiger partial charge in [-0.25, -0.2) is 0 Å². The minimum Gasteiger partial charge on any atom is -0.464 e. The molecule has 0 N–H and O–H groups in total. The van der Waals surface area contributed by atoms with Crippen LogP contribution in [0.5, 0.6) is 0 Å². The molecule has 1 heterocycles. The van der Waals surface area contributed by atoms with E-state index in [1.165, 1.54) is 11.1 Å². The molecule has 0 radical (unpaired) electrons. The van der Waals surface area contributed by atoms with E-state index in [0.29, 0.717) is 0 Å². The molecular formula is C17H34O. The fourth-order valence-electron chi connectivity index (χ4n) is 2.03. The molecule has 108 valence electrons. The first-order chi connectivity index (χ1) is 7.55. The predicted octanol–water partition coefficient (Wildman–Crippen LogP) is 6.15. The molecule has 18 heavy (non-hydrogen) atoms. The van der Waals surface area contributed by atoms with Crippen molar-refractivity contribution in [2.45, 2.75) is 87.5 Å². The SMILES string of the molecule is C.CC.Cc1c(C(C)(C)C)oc(C(C)(C)C)c1C. The van der Waals surface area contributed by atoms with Crippen LogP contribution in [-0.4, -0.2) is 0 Å². The van der Waals surface area contributed by atoms with Gasteiger partial charge in [0, 0.05) is 10.8 Å². The second-order valence-electron chi connectivity index (χ2n) is 6.51. The summed E-state index contributed by atoms with van der Waals surface area (Å²) < 4.78 is 6.07. The lowest BCUT2D eigenvalue weighted by Crippen LogP contribution is -2.12. The van der Waals surface area contributed by atoms with Gasteiger partial charge in [-0.3, -0.25) is 0 Å². The molecule has 1 nitrogen and oxygen atoms in total. The normalized spacial score (nSPS) is 11.4. The summed E-state index contributed by atoms with van der Waals surface area (Å²) in [6, 6.07) is 0. The van der Waals surface area contributed by atoms with E-state index in [4.69, 9.17) is 4.42 Å². The molecule has 0 bridgehead atoms. The van der Waals surface area contributed by atoms with Crippen molar-refractivity contribution >= 4 is 0 Å². The van der Waals surface area contributed by atoms with Crippen LogP contribution in [0.25, 0.3) is 0 Å². The maximum absolute atomic E-state index is 6.07. The van der Waals surface area contributed by atoms with Crippen molar-refractivity contribution in [2.24, 2.45) is 0 Å². The van der Waals surface area contributed by atoms with Crippen LogP contribution in [0.15, 0.2) is 4.42 Å². The number of hydrogen-bond acceptors (Lipinski definition) is 1. The third-order valence-corrected chi connectivity index (χ3v) is 2.81. The van der Waals surface area contributed by atoms with Gasteiger partial charge in [0.05, 0.1) is 0 Å². The van der Waals surface area contributed by atoms with E-state index in [-0.39, 0.29) is 18.3 Å². The van der Waals surface area contributed by atoms with Crippen LogP contribution in [0.4, 0.5) is 0 Å². The quantitative estimate of drug-likeness (QED) is 0.541. The largest absolute Gasteiger partial charge is 0.464 e. The highest BCUT2D eigenvalue weighted by Crippen LogP contribution is 2.36. The Morgan fingerprint density at radius 1 is 0.667 bits per heavy atom. The average molecular weight is 254 g/mol. The van der Waals surface area contributed by atoms with Crippen LogP contribution in [0.2, 0.25) is 0 Å². The lowest BCUT2D eigenvalue weighted by molar-refractivity contribution is 0.341. The molecule has 0 unspecified atom stereocenters. The van der Waals surface area contributed by atoms with Gasteiger partial charge in [-0.1, -0.05) is 62.8 Å². The Balaban J connectivity index is 0. The molecule has 0 aliphatic carbocycles. The smallest absolute Gasteiger partial charge is 0.112 e. The summed E-state index contributed by atoms with van der Waals surface area (Å²) in [5, 5.41) is 0. The second kappa shape index (κ2) is 6.45. The molecule has 1 aromatic heterocycles. The van der Waals surface area contributed by atoms with Gasteiger partial charge < -0.3 is 4.42 Å². The van der Waals surface area contributed by atoms with E-state index in [9.17, 15) is 0 Å². The Morgan fingerprint density at radius 2 is 0.889 bits per heavy atom. The molecule has 0 amide bonds. The summed E-state index contributed by atoms with van der Waals surface area (Å²) >= 11 is 0. The highest BCUT2D eigenvalue weighted by atomic mass is 16.3. The average Bonchev–Trinajstić information content (AvgIpc) is 2.45. The van der Waals surface area contributed by atoms with Crippen LogP contribution >= 0.6 is 0 Å². The Labute approximate surface area is 115 Å². The second-order valence-corrected chi connectivity index (χ2v) is 6.51. The van der Waals surface area contributed by atoms with Crippen molar-refractivity contribution in [3.05, 3.63) is 22.6 Å². The van der Waals surface area contributed by atoms with Crippen molar-refractivity contribution in [1.29, 1.82) is 0 Å². The Hall–Kier alpha value is -0.720. The molecule has 0 aliphatic rings. The van der Waals surface area contributed by atoms with Gasteiger partial charge in [-0.2, -0.15) is 0 Å². The fraction of sp³-hybridized carbons (Fsp3) is 0.765. The van der Waals surface area contributed by atoms with E-state index in [2.05, 4.69) is 55.4 Å². The molecule has 1 heteroatoms. The molecule has 1 rings (SSSR count). The highest BCUT2D eigenvalue weighted by molar-refractivity contribution is 5.37. The molecular weight excluding hydrogens is 220 g/mol. The van der Waals surface area contributed by atoms with Gasteiger partial charge >= 0.3 is 0 Å². The minimum atomic E-state index is 0. The summed E-state index contributed by atoms with van der Waals surface area (Å²) in [6.07, 6.45) is 0. The molecule has 0 fully saturated rings. The van der Waals surface area contributed by atoms with Gasteiger partial charge in [0.1, 0.15) is 11.5 Å². The maximum atomic E-state index is 6.07.